The van der Waals surface area contributed by atoms with Gasteiger partial charge in [-0.3, -0.25) is 4.57 Å². The fourth-order valence-corrected chi connectivity index (χ4v) is 2.42. The summed E-state index contributed by atoms with van der Waals surface area (Å²) in [5.74, 6) is 0.593. The molecule has 3 heterocycles. The Kier molecular flexibility index (Phi) is 5.26. The number of anilines is 1. The zero-order valence-electron chi connectivity index (χ0n) is 11.5. The van der Waals surface area contributed by atoms with Crippen molar-refractivity contribution in [2.45, 2.75) is 31.0 Å². The topological polar surface area (TPSA) is 105 Å². The second kappa shape index (κ2) is 6.62. The van der Waals surface area contributed by atoms with Crippen molar-refractivity contribution < 1.29 is 47.7 Å². The van der Waals surface area contributed by atoms with Crippen LogP contribution in [-0.4, -0.2) is 55.1 Å². The average molecular weight is 367 g/mol. The molecule has 1 aliphatic rings. The number of rotatable bonds is 3. The summed E-state index contributed by atoms with van der Waals surface area (Å²) in [6.45, 7) is 3.70. The number of ether oxygens (including phenoxy) is 1. The van der Waals surface area contributed by atoms with E-state index in [1.165, 1.54) is 12.7 Å². The van der Waals surface area contributed by atoms with Crippen LogP contribution in [0.25, 0.3) is 11.2 Å². The Balaban J connectivity index is 0.00000161. The maximum Gasteiger partial charge on any atom is 0.167 e. The van der Waals surface area contributed by atoms with Gasteiger partial charge in [-0.1, -0.05) is 0 Å². The molecule has 0 amide bonds. The molecule has 0 aromatic carbocycles. The SMILES string of the molecule is [CH2-]CC1OC(n2cnc3c(NC)ncnc32)C(O)C1O.[Y]. The number of aromatic nitrogens is 4. The van der Waals surface area contributed by atoms with Crippen molar-refractivity contribution in [1.29, 1.82) is 0 Å². The zero-order valence-corrected chi connectivity index (χ0v) is 14.4. The molecular weight excluding hydrogens is 351 g/mol. The third kappa shape index (κ3) is 2.71. The van der Waals surface area contributed by atoms with Crippen LogP contribution in [0.2, 0.25) is 0 Å². The Hall–Kier alpha value is -0.666. The van der Waals surface area contributed by atoms with Gasteiger partial charge in [0.1, 0.15) is 24.1 Å². The van der Waals surface area contributed by atoms with Crippen molar-refractivity contribution >= 4 is 17.0 Å². The van der Waals surface area contributed by atoms with E-state index in [4.69, 9.17) is 4.74 Å². The number of hydrogen-bond acceptors (Lipinski definition) is 7. The second-order valence-electron chi connectivity index (χ2n) is 4.63. The molecule has 2 aromatic heterocycles. The van der Waals surface area contributed by atoms with Crippen molar-refractivity contribution in [1.82, 2.24) is 19.5 Å². The number of nitrogens with one attached hydrogen (secondary N) is 1. The third-order valence-electron chi connectivity index (χ3n) is 3.49. The molecule has 3 N–H and O–H groups in total. The van der Waals surface area contributed by atoms with E-state index in [1.54, 1.807) is 11.6 Å². The van der Waals surface area contributed by atoms with Crippen LogP contribution < -0.4 is 5.32 Å². The largest absolute Gasteiger partial charge is 0.388 e. The molecule has 9 heteroatoms. The predicted molar refractivity (Wildman–Crippen MR) is 70.8 cm³/mol. The van der Waals surface area contributed by atoms with Gasteiger partial charge in [-0.2, -0.15) is 6.42 Å². The molecule has 1 radical (unpaired) electrons. The average Bonchev–Trinajstić information content (AvgIpc) is 3.01. The minimum atomic E-state index is -1.05. The van der Waals surface area contributed by atoms with Gasteiger partial charge in [0.15, 0.2) is 17.7 Å². The molecule has 1 fully saturated rings. The van der Waals surface area contributed by atoms with Crippen LogP contribution in [0.15, 0.2) is 12.7 Å². The number of fused-ring (bicyclic) bond motifs is 1. The van der Waals surface area contributed by atoms with Gasteiger partial charge in [-0.05, 0) is 0 Å². The summed E-state index contributed by atoms with van der Waals surface area (Å²) in [5.41, 5.74) is 1.11. The van der Waals surface area contributed by atoms with Gasteiger partial charge in [-0.25, -0.2) is 15.0 Å². The molecule has 1 saturated heterocycles. The summed E-state index contributed by atoms with van der Waals surface area (Å²) in [6.07, 6.45) is 0.0416. The summed E-state index contributed by atoms with van der Waals surface area (Å²) in [5, 5.41) is 22.9. The Morgan fingerprint density at radius 3 is 2.71 bits per heavy atom. The minimum absolute atomic E-state index is 0. The Morgan fingerprint density at radius 1 is 1.33 bits per heavy atom. The first kappa shape index (κ1) is 16.7. The molecule has 2 aromatic rings. The molecule has 0 aliphatic carbocycles. The third-order valence-corrected chi connectivity index (χ3v) is 3.49. The standard InChI is InChI=1S/C12H16N5O3.Y/c1-3-6-8(18)9(19)12(20-6)17-5-16-7-10(13-2)14-4-15-11(7)17;/h4-6,8-9,12,18-19H,1,3H2,2H3,(H,13,14,15);/q-1;. The van der Waals surface area contributed by atoms with E-state index in [9.17, 15) is 10.2 Å². The minimum Gasteiger partial charge on any atom is -0.388 e. The molecule has 4 atom stereocenters. The van der Waals surface area contributed by atoms with Crippen molar-refractivity contribution in [2.24, 2.45) is 0 Å². The maximum atomic E-state index is 10.1. The van der Waals surface area contributed by atoms with E-state index in [1.807, 2.05) is 0 Å². The van der Waals surface area contributed by atoms with Gasteiger partial charge >= 0.3 is 0 Å². The molecule has 0 saturated carbocycles. The molecule has 21 heavy (non-hydrogen) atoms. The van der Waals surface area contributed by atoms with E-state index < -0.39 is 24.5 Å². The Bertz CT molecular complexity index is 622. The Labute approximate surface area is 146 Å². The quantitative estimate of drug-likeness (QED) is 0.641. The smallest absolute Gasteiger partial charge is 0.167 e. The van der Waals surface area contributed by atoms with Crippen molar-refractivity contribution in [3.05, 3.63) is 19.6 Å². The van der Waals surface area contributed by atoms with E-state index in [-0.39, 0.29) is 32.7 Å². The predicted octanol–water partition coefficient (Wildman–Crippen LogP) is -0.291. The fourth-order valence-electron chi connectivity index (χ4n) is 2.42. The first-order chi connectivity index (χ1) is 9.67. The van der Waals surface area contributed by atoms with E-state index in [2.05, 4.69) is 27.2 Å². The summed E-state index contributed by atoms with van der Waals surface area (Å²) < 4.78 is 7.24. The van der Waals surface area contributed by atoms with E-state index >= 15 is 0 Å². The number of hydrogen-bond donors (Lipinski definition) is 3. The summed E-state index contributed by atoms with van der Waals surface area (Å²) in [7, 11) is 1.74. The van der Waals surface area contributed by atoms with Gasteiger partial charge < -0.3 is 27.2 Å². The molecule has 0 spiro atoms. The molecule has 1 aliphatic heterocycles. The fraction of sp³-hybridized carbons (Fsp3) is 0.500. The first-order valence-corrected chi connectivity index (χ1v) is 6.33. The maximum absolute atomic E-state index is 10.1. The molecule has 111 valence electrons. The van der Waals surface area contributed by atoms with E-state index in [0.717, 1.165) is 0 Å². The van der Waals surface area contributed by atoms with Crippen LogP contribution in [-0.2, 0) is 37.4 Å². The van der Waals surface area contributed by atoms with Crippen LogP contribution in [0.1, 0.15) is 12.6 Å². The number of aliphatic hydroxyl groups is 2. The van der Waals surface area contributed by atoms with E-state index in [0.29, 0.717) is 23.4 Å². The molecule has 8 nitrogen and oxygen atoms in total. The van der Waals surface area contributed by atoms with Crippen LogP contribution in [0, 0.1) is 6.92 Å². The van der Waals surface area contributed by atoms with Gasteiger partial charge in [0.05, 0.1) is 12.4 Å². The first-order valence-electron chi connectivity index (χ1n) is 6.33. The van der Waals surface area contributed by atoms with Gasteiger partial charge in [0, 0.05) is 39.8 Å². The monoisotopic (exact) mass is 367 g/mol. The van der Waals surface area contributed by atoms with Crippen molar-refractivity contribution in [3.63, 3.8) is 0 Å². The number of nitrogens with zero attached hydrogens (tertiary/aromatic N) is 4. The van der Waals surface area contributed by atoms with Crippen LogP contribution in [0.5, 0.6) is 0 Å². The second-order valence-corrected chi connectivity index (χ2v) is 4.63. The van der Waals surface area contributed by atoms with Crippen LogP contribution >= 0.6 is 0 Å². The summed E-state index contributed by atoms with van der Waals surface area (Å²) in [6, 6.07) is 0. The zero-order chi connectivity index (χ0) is 14.3. The van der Waals surface area contributed by atoms with Gasteiger partial charge in [-0.15, -0.1) is 0 Å². The Morgan fingerprint density at radius 2 is 2.10 bits per heavy atom. The molecule has 3 rings (SSSR count). The number of imidazole rings is 1. The normalized spacial score (nSPS) is 28.6. The summed E-state index contributed by atoms with van der Waals surface area (Å²) in [4.78, 5) is 12.5. The molecule has 4 unspecified atom stereocenters. The molecule has 0 bridgehead atoms. The molecular formula is C12H16N5O3Y-. The van der Waals surface area contributed by atoms with Crippen LogP contribution in [0.4, 0.5) is 5.82 Å². The number of aliphatic hydroxyl groups excluding tert-OH is 2. The van der Waals surface area contributed by atoms with Crippen LogP contribution in [0.3, 0.4) is 0 Å². The summed E-state index contributed by atoms with van der Waals surface area (Å²) >= 11 is 0. The van der Waals surface area contributed by atoms with Crippen molar-refractivity contribution in [3.8, 4) is 0 Å². The van der Waals surface area contributed by atoms with Gasteiger partial charge in [0.2, 0.25) is 0 Å². The van der Waals surface area contributed by atoms with Gasteiger partial charge in [0.25, 0.3) is 0 Å². The van der Waals surface area contributed by atoms with Crippen molar-refractivity contribution in [2.75, 3.05) is 12.4 Å².